The monoisotopic (exact) mass is 322 g/mol. The highest BCUT2D eigenvalue weighted by Gasteiger charge is 2.38. The van der Waals surface area contributed by atoms with Gasteiger partial charge in [0, 0.05) is 13.5 Å². The third-order valence-electron chi connectivity index (χ3n) is 2.67. The molecule has 114 valence electrons. The summed E-state index contributed by atoms with van der Waals surface area (Å²) >= 11 is 1.18. The minimum Gasteiger partial charge on any atom is -0.382 e. The van der Waals surface area contributed by atoms with Crippen molar-refractivity contribution in [2.75, 3.05) is 39.2 Å². The van der Waals surface area contributed by atoms with Gasteiger partial charge in [0.25, 0.3) is 0 Å². The van der Waals surface area contributed by atoms with Crippen LogP contribution in [0, 0.1) is 0 Å². The van der Waals surface area contributed by atoms with Crippen molar-refractivity contribution in [3.63, 3.8) is 0 Å². The van der Waals surface area contributed by atoms with Gasteiger partial charge in [-0.05, 0) is 9.39 Å². The molecule has 7 nitrogen and oxygen atoms in total. The number of nitrogens with zero attached hydrogens (tertiary/aromatic N) is 1. The molecule has 0 aromatic carbocycles. The Morgan fingerprint density at radius 2 is 2.20 bits per heavy atom. The summed E-state index contributed by atoms with van der Waals surface area (Å²) in [5.74, 6) is -0.492. The van der Waals surface area contributed by atoms with Gasteiger partial charge < -0.3 is 14.6 Å². The van der Waals surface area contributed by atoms with Crippen molar-refractivity contribution in [3.05, 3.63) is 0 Å². The van der Waals surface area contributed by atoms with Crippen LogP contribution < -0.4 is 5.09 Å². The van der Waals surface area contributed by atoms with Crippen LogP contribution in [-0.2, 0) is 23.9 Å². The number of hydrogen-bond acceptors (Lipinski definition) is 6. The minimum absolute atomic E-state index is 0.145. The van der Waals surface area contributed by atoms with E-state index in [1.807, 2.05) is 0 Å². The summed E-state index contributed by atoms with van der Waals surface area (Å²) in [7, 11) is 3.68. The Kier molecular flexibility index (Phi) is 8.06. The Labute approximate surface area is 124 Å². The van der Waals surface area contributed by atoms with Crippen molar-refractivity contribution in [3.8, 4) is 0 Å². The van der Waals surface area contributed by atoms with Crippen molar-refractivity contribution in [2.45, 2.75) is 11.7 Å². The molecule has 0 spiro atoms. The Balaban J connectivity index is 2.32. The Hall–Kier alpha value is -0.690. The van der Waals surface area contributed by atoms with Gasteiger partial charge in [0.1, 0.15) is 0 Å². The van der Waals surface area contributed by atoms with E-state index in [0.29, 0.717) is 19.8 Å². The summed E-state index contributed by atoms with van der Waals surface area (Å²) in [4.78, 5) is 36.1. The van der Waals surface area contributed by atoms with Crippen molar-refractivity contribution >= 4 is 38.9 Å². The molecule has 20 heavy (non-hydrogen) atoms. The number of nitrogens with one attached hydrogen (secondary N) is 1. The van der Waals surface area contributed by atoms with Gasteiger partial charge >= 0.3 is 0 Å². The maximum atomic E-state index is 12.0. The number of carbonyl (C=O) groups is 3. The molecule has 0 saturated carbocycles. The SMILES string of the molecule is COCCOCCN1C(=O)CC(SCC(=O)NP)C1=O. The van der Waals surface area contributed by atoms with Crippen molar-refractivity contribution in [1.29, 1.82) is 0 Å². The zero-order valence-electron chi connectivity index (χ0n) is 11.3. The number of amides is 3. The van der Waals surface area contributed by atoms with Gasteiger partial charge in [-0.1, -0.05) is 0 Å². The van der Waals surface area contributed by atoms with Crippen LogP contribution in [-0.4, -0.2) is 67.1 Å². The first kappa shape index (κ1) is 17.4. The number of carbonyl (C=O) groups excluding carboxylic acids is 3. The third kappa shape index (κ3) is 5.36. The fourth-order valence-corrected chi connectivity index (χ4v) is 2.85. The maximum Gasteiger partial charge on any atom is 0.242 e. The number of methoxy groups -OCH3 is 1. The van der Waals surface area contributed by atoms with Crippen LogP contribution in [0.15, 0.2) is 0 Å². The molecule has 1 rings (SSSR count). The van der Waals surface area contributed by atoms with Gasteiger partial charge in [-0.2, -0.15) is 0 Å². The van der Waals surface area contributed by atoms with Gasteiger partial charge in [-0.3, -0.25) is 19.3 Å². The van der Waals surface area contributed by atoms with Crippen LogP contribution in [0.25, 0.3) is 0 Å². The molecule has 0 radical (unpaired) electrons. The molecule has 2 atom stereocenters. The van der Waals surface area contributed by atoms with Crippen molar-refractivity contribution < 1.29 is 23.9 Å². The fraction of sp³-hybridized carbons (Fsp3) is 0.727. The summed E-state index contributed by atoms with van der Waals surface area (Å²) < 4.78 is 10.1. The normalized spacial score (nSPS) is 18.7. The molecule has 0 aliphatic carbocycles. The van der Waals surface area contributed by atoms with E-state index in [2.05, 4.69) is 14.5 Å². The van der Waals surface area contributed by atoms with Crippen molar-refractivity contribution in [2.24, 2.45) is 0 Å². The molecule has 0 aromatic rings. The molecule has 9 heteroatoms. The van der Waals surface area contributed by atoms with E-state index in [4.69, 9.17) is 9.47 Å². The van der Waals surface area contributed by atoms with E-state index in [-0.39, 0.29) is 36.4 Å². The molecule has 0 aromatic heterocycles. The molecule has 1 aliphatic heterocycles. The molecular weight excluding hydrogens is 303 g/mol. The summed E-state index contributed by atoms with van der Waals surface area (Å²) in [6.45, 7) is 1.45. The Morgan fingerprint density at radius 3 is 2.85 bits per heavy atom. The van der Waals surface area contributed by atoms with Crippen LogP contribution >= 0.6 is 21.2 Å². The molecule has 2 unspecified atom stereocenters. The number of rotatable bonds is 9. The number of thioether (sulfide) groups is 1. The summed E-state index contributed by atoms with van der Waals surface area (Å²) in [5.41, 5.74) is 0. The Morgan fingerprint density at radius 1 is 1.45 bits per heavy atom. The van der Waals surface area contributed by atoms with Crippen LogP contribution in [0.3, 0.4) is 0 Å². The number of ether oxygens (including phenoxy) is 2. The van der Waals surface area contributed by atoms with Crippen LogP contribution in [0.1, 0.15) is 6.42 Å². The number of imide groups is 1. The second kappa shape index (κ2) is 9.28. The second-order valence-corrected chi connectivity index (χ2v) is 5.54. The first-order chi connectivity index (χ1) is 9.60. The lowest BCUT2D eigenvalue weighted by atomic mass is 10.4. The topological polar surface area (TPSA) is 84.9 Å². The lowest BCUT2D eigenvalue weighted by Crippen LogP contribution is -2.34. The average Bonchev–Trinajstić information content (AvgIpc) is 2.71. The van der Waals surface area contributed by atoms with Crippen LogP contribution in [0.2, 0.25) is 0 Å². The van der Waals surface area contributed by atoms with E-state index in [1.165, 1.54) is 16.7 Å². The second-order valence-electron chi connectivity index (χ2n) is 4.06. The van der Waals surface area contributed by atoms with Gasteiger partial charge in [0.05, 0.1) is 37.4 Å². The summed E-state index contributed by atoms with van der Waals surface area (Å²) in [6.07, 6.45) is 0.145. The lowest BCUT2D eigenvalue weighted by Gasteiger charge is -2.14. The van der Waals surface area contributed by atoms with Crippen LogP contribution in [0.5, 0.6) is 0 Å². The number of hydrogen-bond donors (Lipinski definition) is 1. The third-order valence-corrected chi connectivity index (χ3v) is 4.19. The van der Waals surface area contributed by atoms with Crippen molar-refractivity contribution in [1.82, 2.24) is 9.99 Å². The molecule has 1 saturated heterocycles. The van der Waals surface area contributed by atoms with E-state index in [1.54, 1.807) is 7.11 Å². The predicted octanol–water partition coefficient (Wildman–Crippen LogP) is -0.584. The van der Waals surface area contributed by atoms with E-state index in [9.17, 15) is 14.4 Å². The zero-order valence-corrected chi connectivity index (χ0v) is 13.3. The molecule has 0 bridgehead atoms. The summed E-state index contributed by atoms with van der Waals surface area (Å²) in [5, 5.41) is 1.93. The fourth-order valence-electron chi connectivity index (χ4n) is 1.64. The molecule has 1 heterocycles. The average molecular weight is 322 g/mol. The summed E-state index contributed by atoms with van der Waals surface area (Å²) in [6, 6.07) is 0. The van der Waals surface area contributed by atoms with Gasteiger partial charge in [0.15, 0.2) is 0 Å². The van der Waals surface area contributed by atoms with E-state index in [0.717, 1.165) is 0 Å². The highest BCUT2D eigenvalue weighted by molar-refractivity contribution is 8.01. The largest absolute Gasteiger partial charge is 0.382 e. The van der Waals surface area contributed by atoms with Gasteiger partial charge in [-0.25, -0.2) is 0 Å². The highest BCUT2D eigenvalue weighted by Crippen LogP contribution is 2.24. The van der Waals surface area contributed by atoms with Gasteiger partial charge in [-0.15, -0.1) is 11.8 Å². The maximum absolute atomic E-state index is 12.0. The van der Waals surface area contributed by atoms with Gasteiger partial charge in [0.2, 0.25) is 17.7 Å². The van der Waals surface area contributed by atoms with E-state index >= 15 is 0 Å². The first-order valence-electron chi connectivity index (χ1n) is 6.12. The predicted molar refractivity (Wildman–Crippen MR) is 78.1 cm³/mol. The smallest absolute Gasteiger partial charge is 0.242 e. The lowest BCUT2D eigenvalue weighted by molar-refractivity contribution is -0.139. The quantitative estimate of drug-likeness (QED) is 0.347. The zero-order chi connectivity index (χ0) is 15.0. The highest BCUT2D eigenvalue weighted by atomic mass is 32.2. The number of likely N-dealkylation sites (tertiary alicyclic amines) is 1. The first-order valence-corrected chi connectivity index (χ1v) is 7.74. The molecule has 3 amide bonds. The minimum atomic E-state index is -0.469. The van der Waals surface area contributed by atoms with E-state index < -0.39 is 5.25 Å². The standard InChI is InChI=1S/C11H19N2O5PS/c1-17-4-5-18-3-2-13-10(15)6-8(11(13)16)20-7-9(14)12-19/h8H,2-7,19H2,1H3,(H,12,14). The molecule has 1 N–H and O–H groups in total. The Bertz CT molecular complexity index is 369. The molecular formula is C11H19N2O5PS. The molecule has 1 aliphatic rings. The molecule has 1 fully saturated rings. The van der Waals surface area contributed by atoms with Crippen LogP contribution in [0.4, 0.5) is 0 Å².